The Kier molecular flexibility index (Phi) is 6.36. The third kappa shape index (κ3) is 3.92. The van der Waals surface area contributed by atoms with Gasteiger partial charge in [0.15, 0.2) is 0 Å². The first-order valence-electron chi connectivity index (χ1n) is 7.99. The fourth-order valence-corrected chi connectivity index (χ4v) is 4.28. The zero-order valence-corrected chi connectivity index (χ0v) is 14.5. The van der Waals surface area contributed by atoms with Crippen LogP contribution >= 0.6 is 23.2 Å². The molecule has 1 aliphatic carbocycles. The molecule has 3 atom stereocenters. The van der Waals surface area contributed by atoms with Gasteiger partial charge in [0.2, 0.25) is 0 Å². The first-order valence-corrected chi connectivity index (χ1v) is 8.74. The molecule has 118 valence electrons. The third-order valence-electron chi connectivity index (χ3n) is 4.87. The highest BCUT2D eigenvalue weighted by Gasteiger charge is 2.32. The van der Waals surface area contributed by atoms with Crippen LogP contribution < -0.4 is 5.73 Å². The highest BCUT2D eigenvalue weighted by atomic mass is 35.5. The Bertz CT molecular complexity index is 464. The van der Waals surface area contributed by atoms with Crippen LogP contribution in [0, 0.1) is 5.92 Å². The second-order valence-electron chi connectivity index (χ2n) is 6.02. The Morgan fingerprint density at radius 2 is 2.00 bits per heavy atom. The summed E-state index contributed by atoms with van der Waals surface area (Å²) in [6.45, 7) is 6.26. The van der Waals surface area contributed by atoms with E-state index >= 15 is 0 Å². The molecule has 21 heavy (non-hydrogen) atoms. The highest BCUT2D eigenvalue weighted by Crippen LogP contribution is 2.36. The van der Waals surface area contributed by atoms with Gasteiger partial charge in [0.05, 0.1) is 0 Å². The van der Waals surface area contributed by atoms with Gasteiger partial charge in [-0.15, -0.1) is 0 Å². The molecule has 0 heterocycles. The van der Waals surface area contributed by atoms with Gasteiger partial charge < -0.3 is 5.73 Å². The fraction of sp³-hybridized carbons (Fsp3) is 0.647. The van der Waals surface area contributed by atoms with E-state index in [4.69, 9.17) is 28.9 Å². The summed E-state index contributed by atoms with van der Waals surface area (Å²) in [5.74, 6) is 0.604. The molecule has 0 aliphatic heterocycles. The second-order valence-corrected chi connectivity index (χ2v) is 6.86. The minimum Gasteiger partial charge on any atom is -0.330 e. The highest BCUT2D eigenvalue weighted by molar-refractivity contribution is 6.35. The number of nitrogens with two attached hydrogens (primary N) is 1. The predicted octanol–water partition coefficient (Wildman–Crippen LogP) is 4.89. The van der Waals surface area contributed by atoms with Gasteiger partial charge in [-0.2, -0.15) is 0 Å². The molecule has 1 aromatic rings. The van der Waals surface area contributed by atoms with Gasteiger partial charge in [-0.1, -0.05) is 49.0 Å². The summed E-state index contributed by atoms with van der Waals surface area (Å²) < 4.78 is 0. The normalized spacial score (nSPS) is 24.3. The third-order valence-corrected chi connectivity index (χ3v) is 5.44. The molecule has 2 nitrogen and oxygen atoms in total. The van der Waals surface area contributed by atoms with Crippen LogP contribution in [0.15, 0.2) is 18.2 Å². The van der Waals surface area contributed by atoms with E-state index in [1.54, 1.807) is 0 Å². The van der Waals surface area contributed by atoms with Crippen molar-refractivity contribution in [2.45, 2.75) is 51.6 Å². The standard InChI is InChI=1S/C17H26Cl2N2/c1-3-21(17-7-5-4-6-13(17)11-20)12(2)15-9-8-14(18)10-16(15)19/h8-10,12-13,17H,3-7,11,20H2,1-2H3. The maximum atomic E-state index is 6.40. The van der Waals surface area contributed by atoms with Crippen molar-refractivity contribution in [2.24, 2.45) is 11.7 Å². The van der Waals surface area contributed by atoms with Crippen molar-refractivity contribution in [3.8, 4) is 0 Å². The summed E-state index contributed by atoms with van der Waals surface area (Å²) in [4.78, 5) is 2.56. The van der Waals surface area contributed by atoms with Crippen molar-refractivity contribution in [3.05, 3.63) is 33.8 Å². The van der Waals surface area contributed by atoms with Crippen LogP contribution in [0.5, 0.6) is 0 Å². The van der Waals surface area contributed by atoms with Crippen LogP contribution in [-0.2, 0) is 0 Å². The van der Waals surface area contributed by atoms with Gasteiger partial charge in [-0.05, 0) is 56.5 Å². The minimum atomic E-state index is 0.289. The lowest BCUT2D eigenvalue weighted by Gasteiger charge is -2.42. The lowest BCUT2D eigenvalue weighted by molar-refractivity contribution is 0.0770. The van der Waals surface area contributed by atoms with Gasteiger partial charge in [-0.25, -0.2) is 0 Å². The molecular formula is C17H26Cl2N2. The van der Waals surface area contributed by atoms with Crippen LogP contribution in [0.4, 0.5) is 0 Å². The number of benzene rings is 1. The summed E-state index contributed by atoms with van der Waals surface area (Å²) in [7, 11) is 0. The fourth-order valence-electron chi connectivity index (χ4n) is 3.71. The largest absolute Gasteiger partial charge is 0.330 e. The van der Waals surface area contributed by atoms with Crippen LogP contribution in [0.25, 0.3) is 0 Å². The number of rotatable bonds is 5. The molecule has 2 N–H and O–H groups in total. The molecule has 1 aromatic carbocycles. The van der Waals surface area contributed by atoms with Crippen molar-refractivity contribution < 1.29 is 0 Å². The van der Waals surface area contributed by atoms with Crippen molar-refractivity contribution >= 4 is 23.2 Å². The molecule has 2 rings (SSSR count). The van der Waals surface area contributed by atoms with E-state index in [0.29, 0.717) is 17.0 Å². The van der Waals surface area contributed by atoms with Crippen molar-refractivity contribution in [3.63, 3.8) is 0 Å². The Hall–Kier alpha value is -0.280. The molecule has 0 bridgehead atoms. The van der Waals surface area contributed by atoms with E-state index in [2.05, 4.69) is 24.8 Å². The Morgan fingerprint density at radius 1 is 1.29 bits per heavy atom. The van der Waals surface area contributed by atoms with Crippen LogP contribution in [0.2, 0.25) is 10.0 Å². The molecule has 1 aliphatic rings. The van der Waals surface area contributed by atoms with E-state index < -0.39 is 0 Å². The van der Waals surface area contributed by atoms with Gasteiger partial charge in [0.25, 0.3) is 0 Å². The predicted molar refractivity (Wildman–Crippen MR) is 92.1 cm³/mol. The average molecular weight is 329 g/mol. The first kappa shape index (κ1) is 17.1. The summed E-state index contributed by atoms with van der Waals surface area (Å²) in [6.07, 6.45) is 5.11. The zero-order chi connectivity index (χ0) is 15.4. The molecule has 0 aromatic heterocycles. The Labute approximate surface area is 138 Å². The van der Waals surface area contributed by atoms with Crippen molar-refractivity contribution in [2.75, 3.05) is 13.1 Å². The van der Waals surface area contributed by atoms with Gasteiger partial charge >= 0.3 is 0 Å². The summed E-state index contributed by atoms with van der Waals surface area (Å²) in [5, 5.41) is 1.45. The van der Waals surface area contributed by atoms with Crippen LogP contribution in [0.1, 0.15) is 51.1 Å². The van der Waals surface area contributed by atoms with E-state index in [0.717, 1.165) is 23.7 Å². The number of hydrogen-bond acceptors (Lipinski definition) is 2. The quantitative estimate of drug-likeness (QED) is 0.833. The van der Waals surface area contributed by atoms with Gasteiger partial charge in [0, 0.05) is 22.1 Å². The number of nitrogens with zero attached hydrogens (tertiary/aromatic N) is 1. The molecular weight excluding hydrogens is 303 g/mol. The van der Waals surface area contributed by atoms with Crippen LogP contribution in [-0.4, -0.2) is 24.0 Å². The number of hydrogen-bond donors (Lipinski definition) is 1. The first-order chi connectivity index (χ1) is 10.1. The van der Waals surface area contributed by atoms with Crippen molar-refractivity contribution in [1.29, 1.82) is 0 Å². The lowest BCUT2D eigenvalue weighted by atomic mass is 9.82. The SMILES string of the molecule is CCN(C(C)c1ccc(Cl)cc1Cl)C1CCCCC1CN. The summed E-state index contributed by atoms with van der Waals surface area (Å²) >= 11 is 12.4. The van der Waals surface area contributed by atoms with E-state index in [1.165, 1.54) is 25.7 Å². The van der Waals surface area contributed by atoms with E-state index in [1.807, 2.05) is 12.1 Å². The lowest BCUT2D eigenvalue weighted by Crippen LogP contribution is -2.46. The minimum absolute atomic E-state index is 0.289. The summed E-state index contributed by atoms with van der Waals surface area (Å²) in [6, 6.07) is 6.67. The Balaban J connectivity index is 2.22. The molecule has 0 saturated heterocycles. The Morgan fingerprint density at radius 3 is 2.62 bits per heavy atom. The molecule has 0 amide bonds. The molecule has 1 saturated carbocycles. The maximum absolute atomic E-state index is 6.40. The van der Waals surface area contributed by atoms with E-state index in [-0.39, 0.29) is 6.04 Å². The molecule has 4 heteroatoms. The van der Waals surface area contributed by atoms with Gasteiger partial charge in [-0.3, -0.25) is 4.90 Å². The number of halogens is 2. The van der Waals surface area contributed by atoms with Crippen molar-refractivity contribution in [1.82, 2.24) is 4.90 Å². The monoisotopic (exact) mass is 328 g/mol. The average Bonchev–Trinajstić information content (AvgIpc) is 2.48. The molecule has 1 fully saturated rings. The summed E-state index contributed by atoms with van der Waals surface area (Å²) in [5.41, 5.74) is 7.16. The molecule has 0 spiro atoms. The van der Waals surface area contributed by atoms with E-state index in [9.17, 15) is 0 Å². The molecule has 0 radical (unpaired) electrons. The van der Waals surface area contributed by atoms with Crippen LogP contribution in [0.3, 0.4) is 0 Å². The second kappa shape index (κ2) is 7.82. The smallest absolute Gasteiger partial charge is 0.0468 e. The molecule has 3 unspecified atom stereocenters. The maximum Gasteiger partial charge on any atom is 0.0468 e. The topological polar surface area (TPSA) is 29.3 Å². The zero-order valence-electron chi connectivity index (χ0n) is 13.0. The van der Waals surface area contributed by atoms with Gasteiger partial charge in [0.1, 0.15) is 0 Å².